The fourth-order valence-corrected chi connectivity index (χ4v) is 1.40. The lowest BCUT2D eigenvalue weighted by Gasteiger charge is -2.16. The van der Waals surface area contributed by atoms with Gasteiger partial charge < -0.3 is 24.7 Å². The van der Waals surface area contributed by atoms with Crippen LogP contribution >= 0.6 is 28.5 Å². The lowest BCUT2D eigenvalue weighted by Crippen LogP contribution is -2.46. The molecule has 0 aliphatic carbocycles. The second kappa shape index (κ2) is 6.90. The van der Waals surface area contributed by atoms with Gasteiger partial charge in [0.2, 0.25) is 0 Å². The molecule has 9 heteroatoms. The summed E-state index contributed by atoms with van der Waals surface area (Å²) in [5.74, 6) is -2.19. The van der Waals surface area contributed by atoms with Gasteiger partial charge in [-0.05, 0) is 24.4 Å². The van der Waals surface area contributed by atoms with Gasteiger partial charge in [-0.3, -0.25) is 0 Å². The molecule has 0 heterocycles. The maximum Gasteiger partial charge on any atom is 0.380 e. The number of para-hydroxylation sites is 1. The number of phenols is 1. The lowest BCUT2D eigenvalue weighted by molar-refractivity contribution is -0.143. The molecule has 1 rings (SSSR count). The third-order valence-corrected chi connectivity index (χ3v) is 2.35. The van der Waals surface area contributed by atoms with Gasteiger partial charge in [0, 0.05) is 0 Å². The molecule has 0 bridgehead atoms. The summed E-state index contributed by atoms with van der Waals surface area (Å²) in [5.41, 5.74) is 5.08. The maximum absolute atomic E-state index is 11.7. The molecule has 0 aromatic heterocycles. The van der Waals surface area contributed by atoms with Crippen LogP contribution in [0.3, 0.4) is 0 Å². The summed E-state index contributed by atoms with van der Waals surface area (Å²) in [7, 11) is 0. The van der Waals surface area contributed by atoms with E-state index in [1.807, 2.05) is 0 Å². The number of nitrogens with one attached hydrogen (secondary N) is 1. The van der Waals surface area contributed by atoms with Crippen molar-refractivity contribution >= 4 is 45.5 Å². The molecule has 1 aromatic rings. The Bertz CT molecular complexity index is 510. The van der Waals surface area contributed by atoms with Crippen molar-refractivity contribution in [2.75, 3.05) is 0 Å². The van der Waals surface area contributed by atoms with Gasteiger partial charge in [0.25, 0.3) is 6.23 Å². The van der Waals surface area contributed by atoms with Crippen LogP contribution in [0.2, 0.25) is 0 Å². The van der Waals surface area contributed by atoms with Crippen molar-refractivity contribution in [1.82, 2.24) is 5.32 Å². The summed E-state index contributed by atoms with van der Waals surface area (Å²) in [6, 6.07) is 5.68. The predicted molar refractivity (Wildman–Crippen MR) is 72.3 cm³/mol. The molecule has 0 amide bonds. The number of aromatic hydroxyl groups is 1. The highest BCUT2D eigenvalue weighted by Gasteiger charge is 2.26. The molecule has 7 nitrogen and oxygen atoms in total. The number of thiocarbonyl (C=S) groups is 1. The molecule has 102 valence electrons. The first kappa shape index (κ1) is 15.2. The zero-order valence-electron chi connectivity index (χ0n) is 9.33. The number of phenolic OH excluding ortho intramolecular Hbond substituents is 1. The Morgan fingerprint density at radius 3 is 2.58 bits per heavy atom. The molecule has 4 N–H and O–H groups in total. The molecular weight excluding hydrogens is 340 g/mol. The molecule has 0 aliphatic heterocycles. The Morgan fingerprint density at radius 1 is 1.42 bits per heavy atom. The van der Waals surface area contributed by atoms with E-state index in [1.54, 1.807) is 0 Å². The van der Waals surface area contributed by atoms with E-state index >= 15 is 0 Å². The van der Waals surface area contributed by atoms with Crippen molar-refractivity contribution < 1.29 is 23.3 Å². The number of ether oxygens (including phenoxy) is 1. The molecule has 0 radical (unpaired) electrons. The topological polar surface area (TPSA) is 111 Å². The Balaban J connectivity index is 2.85. The summed E-state index contributed by atoms with van der Waals surface area (Å²) in [6.45, 7) is 0. The normalized spacial score (nSPS) is 11.2. The van der Waals surface area contributed by atoms with E-state index < -0.39 is 18.2 Å². The first-order valence-electron chi connectivity index (χ1n) is 4.83. The molecule has 0 fully saturated rings. The Morgan fingerprint density at radius 2 is 2.05 bits per heavy atom. The van der Waals surface area contributed by atoms with Gasteiger partial charge in [-0.2, -0.15) is 0 Å². The average Bonchev–Trinajstić information content (AvgIpc) is 2.36. The van der Waals surface area contributed by atoms with Crippen molar-refractivity contribution in [2.45, 2.75) is 6.23 Å². The van der Waals surface area contributed by atoms with Crippen LogP contribution in [0.5, 0.6) is 5.75 Å². The molecule has 0 saturated heterocycles. The number of benzene rings is 1. The number of halogens is 1. The first-order valence-corrected chi connectivity index (χ1v) is 5.88. The molecular formula is C10H9BrN2O5S. The van der Waals surface area contributed by atoms with Gasteiger partial charge in [-0.15, -0.1) is 0 Å². The van der Waals surface area contributed by atoms with E-state index in [4.69, 9.17) is 10.5 Å². The number of rotatable bonds is 4. The van der Waals surface area contributed by atoms with E-state index in [-0.39, 0.29) is 16.4 Å². The smallest absolute Gasteiger partial charge is 0.380 e. The number of carbonyl (C=O) groups is 2. The number of nitrogens with two attached hydrogens (primary N) is 1. The molecule has 1 unspecified atom stereocenters. The van der Waals surface area contributed by atoms with Gasteiger partial charge in [0.15, 0.2) is 21.4 Å². The second-order valence-electron chi connectivity index (χ2n) is 3.21. The molecule has 1 atom stereocenters. The highest BCUT2D eigenvalue weighted by Crippen LogP contribution is 2.17. The van der Waals surface area contributed by atoms with Crippen LogP contribution in [0.1, 0.15) is 10.4 Å². The average molecular weight is 349 g/mol. The van der Waals surface area contributed by atoms with Crippen molar-refractivity contribution in [1.29, 1.82) is 0 Å². The third kappa shape index (κ3) is 4.38. The highest BCUT2D eigenvalue weighted by atomic mass is 79.9. The summed E-state index contributed by atoms with van der Waals surface area (Å²) < 4.78 is 9.04. The molecule has 0 spiro atoms. The van der Waals surface area contributed by atoms with E-state index in [0.29, 0.717) is 0 Å². The van der Waals surface area contributed by atoms with Gasteiger partial charge in [0.1, 0.15) is 11.3 Å². The van der Waals surface area contributed by atoms with Crippen LogP contribution in [0.4, 0.5) is 0 Å². The van der Waals surface area contributed by atoms with Crippen LogP contribution < -0.4 is 11.1 Å². The van der Waals surface area contributed by atoms with Gasteiger partial charge in [0.05, 0.1) is 0 Å². The molecule has 1 aromatic carbocycles. The second-order valence-corrected chi connectivity index (χ2v) is 3.97. The van der Waals surface area contributed by atoms with Crippen molar-refractivity contribution in [3.8, 4) is 5.75 Å². The predicted octanol–water partition coefficient (Wildman–Crippen LogP) is 0.561. The molecule has 0 saturated carbocycles. The third-order valence-electron chi connectivity index (χ3n) is 1.91. The minimum absolute atomic E-state index is 0.111. The zero-order valence-corrected chi connectivity index (χ0v) is 11.7. The van der Waals surface area contributed by atoms with Crippen molar-refractivity contribution in [3.05, 3.63) is 29.8 Å². The molecule has 19 heavy (non-hydrogen) atoms. The maximum atomic E-state index is 11.7. The standard InChI is InChI=1S/C10H9BrN2O5S/c11-18-9(16)7(13-10(12)19)17-8(15)5-3-1-2-4-6(5)14/h1-4,7,14H,(H3,12,13,19). The quantitative estimate of drug-likeness (QED) is 0.411. The minimum atomic E-state index is -1.52. The van der Waals surface area contributed by atoms with Crippen LogP contribution in [-0.4, -0.2) is 28.4 Å². The number of carbonyl (C=O) groups excluding carboxylic acids is 2. The lowest BCUT2D eigenvalue weighted by atomic mass is 10.2. The van der Waals surface area contributed by atoms with E-state index in [9.17, 15) is 14.7 Å². The van der Waals surface area contributed by atoms with Gasteiger partial charge in [-0.25, -0.2) is 9.59 Å². The zero-order chi connectivity index (χ0) is 14.4. The summed E-state index contributed by atoms with van der Waals surface area (Å²) in [4.78, 5) is 23.1. The van der Waals surface area contributed by atoms with Gasteiger partial charge in [-0.1, -0.05) is 12.1 Å². The number of esters is 1. The van der Waals surface area contributed by atoms with Crippen LogP contribution in [0, 0.1) is 0 Å². The van der Waals surface area contributed by atoms with Crippen molar-refractivity contribution in [2.24, 2.45) is 5.73 Å². The minimum Gasteiger partial charge on any atom is -0.507 e. The fraction of sp³-hybridized carbons (Fsp3) is 0.100. The summed E-state index contributed by atoms with van der Waals surface area (Å²) in [6.07, 6.45) is -1.52. The van der Waals surface area contributed by atoms with Crippen LogP contribution in [0.25, 0.3) is 0 Å². The monoisotopic (exact) mass is 348 g/mol. The van der Waals surface area contributed by atoms with Crippen molar-refractivity contribution in [3.63, 3.8) is 0 Å². The Labute approximate surface area is 122 Å². The SMILES string of the molecule is NC(=S)NC(OC(=O)c1ccccc1O)C(=O)OBr. The highest BCUT2D eigenvalue weighted by molar-refractivity contribution is 9.06. The van der Waals surface area contributed by atoms with Crippen LogP contribution in [-0.2, 0) is 13.4 Å². The largest absolute Gasteiger partial charge is 0.507 e. The van der Waals surface area contributed by atoms with E-state index in [1.165, 1.54) is 24.3 Å². The Hall–Kier alpha value is -1.87. The van der Waals surface area contributed by atoms with E-state index in [2.05, 4.69) is 37.6 Å². The van der Waals surface area contributed by atoms with E-state index in [0.717, 1.165) is 0 Å². The fourth-order valence-electron chi connectivity index (χ4n) is 1.12. The molecule has 0 aliphatic rings. The number of hydrogen-bond acceptors (Lipinski definition) is 6. The van der Waals surface area contributed by atoms with Gasteiger partial charge >= 0.3 is 11.9 Å². The van der Waals surface area contributed by atoms with Crippen LogP contribution in [0.15, 0.2) is 24.3 Å². The first-order chi connectivity index (χ1) is 8.95. The Kier molecular flexibility index (Phi) is 5.52. The number of hydrogen-bond donors (Lipinski definition) is 3. The summed E-state index contributed by atoms with van der Waals surface area (Å²) >= 11 is 6.99. The summed E-state index contributed by atoms with van der Waals surface area (Å²) in [5, 5.41) is 11.4.